The van der Waals surface area contributed by atoms with Gasteiger partial charge in [-0.25, -0.2) is 0 Å². The van der Waals surface area contributed by atoms with Gasteiger partial charge in [0.2, 0.25) is 11.8 Å². The monoisotopic (exact) mass is 242 g/mol. The summed E-state index contributed by atoms with van der Waals surface area (Å²) in [5, 5.41) is 8.73. The van der Waals surface area contributed by atoms with Gasteiger partial charge in [-0.15, -0.1) is 0 Å². The molecule has 0 spiro atoms. The van der Waals surface area contributed by atoms with Gasteiger partial charge in [0.15, 0.2) is 0 Å². The zero-order valence-corrected chi connectivity index (χ0v) is 10.3. The van der Waals surface area contributed by atoms with E-state index in [0.717, 1.165) is 4.90 Å². The van der Waals surface area contributed by atoms with E-state index in [1.165, 1.54) is 0 Å². The Hall–Kier alpha value is -1.59. The number of aliphatic carboxylic acids is 1. The first-order valence-electron chi connectivity index (χ1n) is 5.46. The molecule has 2 amide bonds. The van der Waals surface area contributed by atoms with E-state index in [0.29, 0.717) is 6.42 Å². The number of hydrogen-bond acceptors (Lipinski definition) is 3. The zero-order valence-electron chi connectivity index (χ0n) is 10.3. The van der Waals surface area contributed by atoms with E-state index >= 15 is 0 Å². The van der Waals surface area contributed by atoms with Crippen LogP contribution in [0.3, 0.4) is 0 Å². The summed E-state index contributed by atoms with van der Waals surface area (Å²) in [4.78, 5) is 35.1. The topological polar surface area (TPSA) is 101 Å². The van der Waals surface area contributed by atoms with Crippen LogP contribution in [0, 0.1) is 11.3 Å². The summed E-state index contributed by atoms with van der Waals surface area (Å²) in [6.45, 7) is 5.19. The van der Waals surface area contributed by atoms with E-state index in [1.54, 1.807) is 0 Å². The quantitative estimate of drug-likeness (QED) is 0.716. The van der Waals surface area contributed by atoms with E-state index in [4.69, 9.17) is 10.8 Å². The lowest BCUT2D eigenvalue weighted by molar-refractivity contribution is -0.146. The van der Waals surface area contributed by atoms with Crippen LogP contribution in [0.5, 0.6) is 0 Å². The van der Waals surface area contributed by atoms with E-state index in [1.807, 2.05) is 20.8 Å². The van der Waals surface area contributed by atoms with Crippen LogP contribution in [-0.2, 0) is 14.4 Å². The summed E-state index contributed by atoms with van der Waals surface area (Å²) in [5.74, 6) is -2.45. The van der Waals surface area contributed by atoms with E-state index in [-0.39, 0.29) is 17.2 Å². The minimum atomic E-state index is -1.14. The minimum absolute atomic E-state index is 0.297. The van der Waals surface area contributed by atoms with Gasteiger partial charge in [0, 0.05) is 5.92 Å². The van der Waals surface area contributed by atoms with Crippen LogP contribution in [0.4, 0.5) is 0 Å². The minimum Gasteiger partial charge on any atom is -0.480 e. The lowest BCUT2D eigenvalue weighted by atomic mass is 9.79. The zero-order chi connectivity index (χ0) is 13.4. The number of carboxylic acids is 1. The number of hydrogen-bond donors (Lipinski definition) is 2. The molecule has 17 heavy (non-hydrogen) atoms. The van der Waals surface area contributed by atoms with Crippen LogP contribution in [0.25, 0.3) is 0 Å². The first-order valence-corrected chi connectivity index (χ1v) is 5.46. The van der Waals surface area contributed by atoms with Gasteiger partial charge in [0.1, 0.15) is 12.6 Å². The third-order valence-electron chi connectivity index (χ3n) is 3.10. The summed E-state index contributed by atoms with van der Waals surface area (Å²) in [6.07, 6.45) is 0.297. The highest BCUT2D eigenvalue weighted by Gasteiger charge is 2.47. The summed E-state index contributed by atoms with van der Waals surface area (Å²) in [6, 6.07) is -0.803. The van der Waals surface area contributed by atoms with Crippen LogP contribution in [0.1, 0.15) is 27.2 Å². The van der Waals surface area contributed by atoms with Crippen molar-refractivity contribution in [2.75, 3.05) is 6.54 Å². The molecule has 3 N–H and O–H groups in total. The Morgan fingerprint density at radius 1 is 1.47 bits per heavy atom. The van der Waals surface area contributed by atoms with Gasteiger partial charge in [-0.2, -0.15) is 0 Å². The Labute approximate surface area is 99.8 Å². The van der Waals surface area contributed by atoms with Gasteiger partial charge >= 0.3 is 5.97 Å². The molecular formula is C11H18N2O4. The first kappa shape index (κ1) is 13.5. The van der Waals surface area contributed by atoms with Crippen LogP contribution < -0.4 is 5.73 Å². The van der Waals surface area contributed by atoms with Crippen molar-refractivity contribution in [2.45, 2.75) is 33.2 Å². The van der Waals surface area contributed by atoms with Crippen molar-refractivity contribution in [3.05, 3.63) is 0 Å². The predicted molar refractivity (Wildman–Crippen MR) is 59.9 cm³/mol. The SMILES string of the molecule is CC(C)(C)[C@@H]1CC(C(N)=O)N(CC(=O)O)C1=O. The van der Waals surface area contributed by atoms with Crippen molar-refractivity contribution in [3.8, 4) is 0 Å². The third kappa shape index (κ3) is 2.75. The predicted octanol–water partition coefficient (Wildman–Crippen LogP) is -0.180. The van der Waals surface area contributed by atoms with Crippen molar-refractivity contribution in [2.24, 2.45) is 17.1 Å². The number of carbonyl (C=O) groups is 3. The number of amides is 2. The van der Waals surface area contributed by atoms with Crippen LogP contribution in [0.2, 0.25) is 0 Å². The summed E-state index contributed by atoms with van der Waals surface area (Å²) in [5.41, 5.74) is 4.90. The number of nitrogens with two attached hydrogens (primary N) is 1. The number of rotatable bonds is 3. The van der Waals surface area contributed by atoms with E-state index < -0.39 is 24.5 Å². The lowest BCUT2D eigenvalue weighted by Gasteiger charge is -2.25. The fourth-order valence-corrected chi connectivity index (χ4v) is 2.13. The maximum absolute atomic E-state index is 12.1. The fraction of sp³-hybridized carbons (Fsp3) is 0.727. The maximum Gasteiger partial charge on any atom is 0.323 e. The molecule has 6 nitrogen and oxygen atoms in total. The van der Waals surface area contributed by atoms with Crippen molar-refractivity contribution in [1.29, 1.82) is 0 Å². The number of carboxylic acid groups (broad SMARTS) is 1. The van der Waals surface area contributed by atoms with Crippen molar-refractivity contribution >= 4 is 17.8 Å². The van der Waals surface area contributed by atoms with Crippen LogP contribution in [-0.4, -0.2) is 40.4 Å². The number of carbonyl (C=O) groups excluding carboxylic acids is 2. The second-order valence-electron chi connectivity index (χ2n) is 5.43. The molecule has 6 heteroatoms. The van der Waals surface area contributed by atoms with Crippen LogP contribution in [0.15, 0.2) is 0 Å². The molecule has 0 bridgehead atoms. The number of primary amides is 1. The molecule has 0 radical (unpaired) electrons. The summed E-state index contributed by atoms with van der Waals surface area (Å²) < 4.78 is 0. The summed E-state index contributed by atoms with van der Waals surface area (Å²) >= 11 is 0. The summed E-state index contributed by atoms with van der Waals surface area (Å²) in [7, 11) is 0. The molecule has 1 aliphatic rings. The largest absolute Gasteiger partial charge is 0.480 e. The molecule has 1 heterocycles. The first-order chi connectivity index (χ1) is 7.64. The van der Waals surface area contributed by atoms with Crippen molar-refractivity contribution < 1.29 is 19.5 Å². The average molecular weight is 242 g/mol. The molecule has 1 rings (SSSR count). The van der Waals surface area contributed by atoms with Crippen LogP contribution >= 0.6 is 0 Å². The smallest absolute Gasteiger partial charge is 0.323 e. The number of likely N-dealkylation sites (tertiary alicyclic amines) is 1. The fourth-order valence-electron chi connectivity index (χ4n) is 2.13. The van der Waals surface area contributed by atoms with Gasteiger partial charge < -0.3 is 15.7 Å². The van der Waals surface area contributed by atoms with E-state index in [2.05, 4.69) is 0 Å². The second kappa shape index (κ2) is 4.35. The average Bonchev–Trinajstić information content (AvgIpc) is 2.42. The van der Waals surface area contributed by atoms with Gasteiger partial charge in [0.25, 0.3) is 0 Å². The molecule has 1 aliphatic heterocycles. The third-order valence-corrected chi connectivity index (χ3v) is 3.10. The molecule has 0 aromatic heterocycles. The maximum atomic E-state index is 12.1. The standard InChI is InChI=1S/C11H18N2O4/c1-11(2,3)6-4-7(9(12)16)13(10(6)17)5-8(14)15/h6-7H,4-5H2,1-3H3,(H2,12,16)(H,14,15)/t6-,7?/m1/s1. The Bertz CT molecular complexity index is 359. The molecule has 2 atom stereocenters. The molecule has 96 valence electrons. The Balaban J connectivity index is 2.97. The van der Waals surface area contributed by atoms with Gasteiger partial charge in [-0.3, -0.25) is 14.4 Å². The molecule has 1 fully saturated rings. The van der Waals surface area contributed by atoms with Gasteiger partial charge in [-0.1, -0.05) is 20.8 Å². The molecule has 0 aromatic carbocycles. The molecule has 0 aromatic rings. The molecule has 0 saturated carbocycles. The number of nitrogens with zero attached hydrogens (tertiary/aromatic N) is 1. The second-order valence-corrected chi connectivity index (χ2v) is 5.43. The highest BCUT2D eigenvalue weighted by Crippen LogP contribution is 2.37. The van der Waals surface area contributed by atoms with Crippen molar-refractivity contribution in [1.82, 2.24) is 4.90 Å². The highest BCUT2D eigenvalue weighted by atomic mass is 16.4. The highest BCUT2D eigenvalue weighted by molar-refractivity contribution is 5.93. The molecule has 1 unspecified atom stereocenters. The lowest BCUT2D eigenvalue weighted by Crippen LogP contribution is -2.45. The molecule has 0 aliphatic carbocycles. The Kier molecular flexibility index (Phi) is 3.45. The van der Waals surface area contributed by atoms with Crippen molar-refractivity contribution in [3.63, 3.8) is 0 Å². The van der Waals surface area contributed by atoms with Gasteiger partial charge in [0.05, 0.1) is 0 Å². The Morgan fingerprint density at radius 2 is 2.00 bits per heavy atom. The Morgan fingerprint density at radius 3 is 2.35 bits per heavy atom. The molecule has 1 saturated heterocycles. The normalized spacial score (nSPS) is 25.1. The van der Waals surface area contributed by atoms with Gasteiger partial charge in [-0.05, 0) is 11.8 Å². The van der Waals surface area contributed by atoms with E-state index in [9.17, 15) is 14.4 Å². The molecular weight excluding hydrogens is 224 g/mol.